The Kier molecular flexibility index (Phi) is 4.25. The molecule has 1 fully saturated rings. The topological polar surface area (TPSA) is 71.2 Å². The average molecular weight is 412 g/mol. The quantitative estimate of drug-likeness (QED) is 0.755. The molecule has 22 heavy (non-hydrogen) atoms. The number of anilines is 2. The van der Waals surface area contributed by atoms with Gasteiger partial charge in [-0.3, -0.25) is 9.78 Å². The Bertz CT molecular complexity index is 720. The summed E-state index contributed by atoms with van der Waals surface area (Å²) in [5, 5.41) is 3.16. The minimum Gasteiger partial charge on any atom is -0.365 e. The second-order valence-corrected chi connectivity index (χ2v) is 6.28. The zero-order valence-corrected chi connectivity index (χ0v) is 13.7. The van der Waals surface area contributed by atoms with Crippen LogP contribution in [0.25, 0.3) is 0 Å². The lowest BCUT2D eigenvalue weighted by molar-refractivity contribution is 0.100. The molecule has 0 saturated carbocycles. The van der Waals surface area contributed by atoms with Crippen LogP contribution in [-0.2, 0) is 0 Å². The molecule has 1 saturated heterocycles. The van der Waals surface area contributed by atoms with Crippen molar-refractivity contribution in [2.75, 3.05) is 18.0 Å². The van der Waals surface area contributed by atoms with Crippen LogP contribution >= 0.6 is 22.6 Å². The third-order valence-electron chi connectivity index (χ3n) is 3.62. The van der Waals surface area contributed by atoms with E-state index >= 15 is 0 Å². The van der Waals surface area contributed by atoms with Crippen LogP contribution in [0, 0.1) is 9.39 Å². The molecule has 2 aromatic rings. The third-order valence-corrected chi connectivity index (χ3v) is 4.29. The molecule has 2 heterocycles. The van der Waals surface area contributed by atoms with Crippen molar-refractivity contribution >= 4 is 39.9 Å². The summed E-state index contributed by atoms with van der Waals surface area (Å²) in [6, 6.07) is 6.79. The highest BCUT2D eigenvalue weighted by Crippen LogP contribution is 2.34. The molecular formula is C15H14FIN4O. The average Bonchev–Trinajstić information content (AvgIpc) is 2.43. The minimum absolute atomic E-state index is 0.0649. The summed E-state index contributed by atoms with van der Waals surface area (Å²) in [6.07, 6.45) is 2.99. The van der Waals surface area contributed by atoms with Crippen molar-refractivity contribution in [1.29, 1.82) is 0 Å². The number of nitrogens with two attached hydrogens (primary N) is 1. The van der Waals surface area contributed by atoms with Gasteiger partial charge in [-0.2, -0.15) is 0 Å². The van der Waals surface area contributed by atoms with Crippen molar-refractivity contribution < 1.29 is 9.18 Å². The van der Waals surface area contributed by atoms with E-state index in [1.165, 1.54) is 12.3 Å². The van der Waals surface area contributed by atoms with Gasteiger partial charge in [-0.1, -0.05) is 0 Å². The van der Waals surface area contributed by atoms with E-state index in [9.17, 15) is 9.18 Å². The van der Waals surface area contributed by atoms with E-state index in [2.05, 4.69) is 32.9 Å². The lowest BCUT2D eigenvalue weighted by atomic mass is 10.1. The van der Waals surface area contributed by atoms with Crippen LogP contribution < -0.4 is 16.0 Å². The first-order valence-corrected chi connectivity index (χ1v) is 7.84. The molecule has 3 N–H and O–H groups in total. The van der Waals surface area contributed by atoms with Crippen LogP contribution in [0.1, 0.15) is 10.4 Å². The predicted molar refractivity (Wildman–Crippen MR) is 90.7 cm³/mol. The largest absolute Gasteiger partial charge is 0.365 e. The number of hydrogen-bond acceptors (Lipinski definition) is 4. The molecule has 0 spiro atoms. The Balaban J connectivity index is 2.13. The minimum atomic E-state index is -0.577. The Morgan fingerprint density at radius 3 is 2.73 bits per heavy atom. The van der Waals surface area contributed by atoms with E-state index in [1.54, 1.807) is 18.3 Å². The number of nitrogens with zero attached hydrogens (tertiary/aromatic N) is 2. The van der Waals surface area contributed by atoms with E-state index in [0.717, 1.165) is 3.57 Å². The van der Waals surface area contributed by atoms with Gasteiger partial charge < -0.3 is 16.0 Å². The fourth-order valence-corrected chi connectivity index (χ4v) is 2.90. The first-order valence-electron chi connectivity index (χ1n) is 6.76. The number of benzene rings is 1. The molecule has 0 unspecified atom stereocenters. The summed E-state index contributed by atoms with van der Waals surface area (Å²) in [6.45, 7) is 1.43. The van der Waals surface area contributed by atoms with Crippen LogP contribution in [-0.4, -0.2) is 30.0 Å². The highest BCUT2D eigenvalue weighted by Gasteiger charge is 2.30. The van der Waals surface area contributed by atoms with Crippen molar-refractivity contribution in [1.82, 2.24) is 10.3 Å². The standard InChI is InChI=1S/C15H14FIN4O/c16-12-5-9(17)1-2-14(12)21(10-6-20-7-10)13-3-4-19-8-11(13)15(18)22/h1-5,8,10,20H,6-7H2,(H2,18,22). The zero-order valence-electron chi connectivity index (χ0n) is 11.6. The molecule has 3 rings (SSSR count). The molecule has 0 radical (unpaired) electrons. The number of hydrogen-bond donors (Lipinski definition) is 2. The second-order valence-electron chi connectivity index (χ2n) is 5.03. The molecule has 7 heteroatoms. The summed E-state index contributed by atoms with van der Waals surface area (Å²) < 4.78 is 15.3. The van der Waals surface area contributed by atoms with Gasteiger partial charge >= 0.3 is 0 Å². The molecule has 1 aromatic heterocycles. The van der Waals surface area contributed by atoms with Gasteiger partial charge in [-0.25, -0.2) is 4.39 Å². The number of carbonyl (C=O) groups excluding carboxylic acids is 1. The van der Waals surface area contributed by atoms with Gasteiger partial charge in [0.1, 0.15) is 5.82 Å². The highest BCUT2D eigenvalue weighted by molar-refractivity contribution is 14.1. The Hall–Kier alpha value is -1.74. The third kappa shape index (κ3) is 2.78. The molecular weight excluding hydrogens is 398 g/mol. The summed E-state index contributed by atoms with van der Waals surface area (Å²) in [5.41, 5.74) is 6.73. The number of aromatic nitrogens is 1. The maximum atomic E-state index is 14.4. The summed E-state index contributed by atoms with van der Waals surface area (Å²) in [4.78, 5) is 17.4. The molecule has 1 aliphatic rings. The van der Waals surface area contributed by atoms with E-state index in [1.807, 2.05) is 11.0 Å². The van der Waals surface area contributed by atoms with E-state index < -0.39 is 5.91 Å². The second kappa shape index (κ2) is 6.17. The number of pyridine rings is 1. The SMILES string of the molecule is NC(=O)c1cnccc1N(c1ccc(I)cc1F)C1CNC1. The van der Waals surface area contributed by atoms with Crippen molar-refractivity contribution in [2.24, 2.45) is 5.73 Å². The van der Waals surface area contributed by atoms with Crippen LogP contribution in [0.4, 0.5) is 15.8 Å². The maximum Gasteiger partial charge on any atom is 0.252 e. The van der Waals surface area contributed by atoms with Crippen LogP contribution in [0.3, 0.4) is 0 Å². The summed E-state index contributed by atoms with van der Waals surface area (Å²) in [5.74, 6) is -0.905. The number of carbonyl (C=O) groups is 1. The zero-order chi connectivity index (χ0) is 15.7. The Morgan fingerprint density at radius 1 is 1.36 bits per heavy atom. The summed E-state index contributed by atoms with van der Waals surface area (Å²) in [7, 11) is 0. The van der Waals surface area contributed by atoms with Gasteiger partial charge in [0.25, 0.3) is 5.91 Å². The summed E-state index contributed by atoms with van der Waals surface area (Å²) >= 11 is 2.06. The Morgan fingerprint density at radius 2 is 2.14 bits per heavy atom. The van der Waals surface area contributed by atoms with Crippen LogP contribution in [0.15, 0.2) is 36.7 Å². The van der Waals surface area contributed by atoms with Crippen LogP contribution in [0.2, 0.25) is 0 Å². The molecule has 0 aliphatic carbocycles. The monoisotopic (exact) mass is 412 g/mol. The van der Waals surface area contributed by atoms with Crippen molar-refractivity contribution in [3.05, 3.63) is 51.6 Å². The molecule has 0 bridgehead atoms. The van der Waals surface area contributed by atoms with E-state index in [4.69, 9.17) is 5.73 Å². The van der Waals surface area contributed by atoms with Gasteiger partial charge in [0.2, 0.25) is 0 Å². The molecule has 0 atom stereocenters. The predicted octanol–water partition coefficient (Wildman–Crippen LogP) is 2.03. The normalized spacial score (nSPS) is 14.5. The maximum absolute atomic E-state index is 14.4. The van der Waals surface area contributed by atoms with Gasteiger partial charge in [0.05, 0.1) is 23.0 Å². The van der Waals surface area contributed by atoms with Crippen molar-refractivity contribution in [2.45, 2.75) is 6.04 Å². The number of nitrogens with one attached hydrogen (secondary N) is 1. The lowest BCUT2D eigenvalue weighted by Crippen LogP contribution is -2.56. The molecule has 1 aliphatic heterocycles. The molecule has 1 amide bonds. The van der Waals surface area contributed by atoms with Gasteiger partial charge in [0.15, 0.2) is 0 Å². The Labute approximate surface area is 140 Å². The number of amides is 1. The number of rotatable bonds is 4. The highest BCUT2D eigenvalue weighted by atomic mass is 127. The number of halogens is 2. The molecule has 1 aromatic carbocycles. The van der Waals surface area contributed by atoms with Crippen molar-refractivity contribution in [3.63, 3.8) is 0 Å². The first-order chi connectivity index (χ1) is 10.6. The fourth-order valence-electron chi connectivity index (χ4n) is 2.44. The van der Waals surface area contributed by atoms with Gasteiger partial charge in [-0.05, 0) is 46.9 Å². The van der Waals surface area contributed by atoms with E-state index in [-0.39, 0.29) is 17.4 Å². The number of primary amides is 1. The van der Waals surface area contributed by atoms with Crippen molar-refractivity contribution in [3.8, 4) is 0 Å². The van der Waals surface area contributed by atoms with E-state index in [0.29, 0.717) is 24.5 Å². The van der Waals surface area contributed by atoms with Gasteiger partial charge in [-0.15, -0.1) is 0 Å². The van der Waals surface area contributed by atoms with Crippen LogP contribution in [0.5, 0.6) is 0 Å². The van der Waals surface area contributed by atoms with Gasteiger partial charge in [0, 0.05) is 29.1 Å². The lowest BCUT2D eigenvalue weighted by Gasteiger charge is -2.40. The smallest absolute Gasteiger partial charge is 0.252 e. The molecule has 5 nitrogen and oxygen atoms in total. The molecule has 114 valence electrons. The first kappa shape index (κ1) is 15.2. The fraction of sp³-hybridized carbons (Fsp3) is 0.200.